The fourth-order valence-electron chi connectivity index (χ4n) is 3.98. The molecule has 0 heterocycles. The van der Waals surface area contributed by atoms with Gasteiger partial charge >= 0.3 is 0 Å². The van der Waals surface area contributed by atoms with Crippen molar-refractivity contribution in [1.29, 1.82) is 0 Å². The number of nitrogens with one attached hydrogen (secondary N) is 2. The van der Waals surface area contributed by atoms with Crippen LogP contribution in [0.2, 0.25) is 0 Å². The van der Waals surface area contributed by atoms with Gasteiger partial charge in [-0.3, -0.25) is 0 Å². The highest BCUT2D eigenvalue weighted by molar-refractivity contribution is 5.01. The largest absolute Gasteiger partial charge is 0.316 e. The van der Waals surface area contributed by atoms with E-state index in [2.05, 4.69) is 50.5 Å². The Kier molecular flexibility index (Phi) is 14.8. The molecular formula is C25H48N2. The summed E-state index contributed by atoms with van der Waals surface area (Å²) in [4.78, 5) is 0. The second kappa shape index (κ2) is 16.4. The molecule has 1 aliphatic rings. The monoisotopic (exact) mass is 376 g/mol. The van der Waals surface area contributed by atoms with Crippen LogP contribution in [-0.2, 0) is 0 Å². The van der Waals surface area contributed by atoms with Gasteiger partial charge in [0.05, 0.1) is 0 Å². The number of rotatable bonds is 18. The van der Waals surface area contributed by atoms with Gasteiger partial charge in [0.1, 0.15) is 0 Å². The molecule has 0 aromatic carbocycles. The topological polar surface area (TPSA) is 24.1 Å². The second-order valence-electron chi connectivity index (χ2n) is 8.35. The van der Waals surface area contributed by atoms with Crippen LogP contribution in [-0.4, -0.2) is 26.2 Å². The van der Waals surface area contributed by atoms with Crippen LogP contribution in [0, 0.1) is 11.8 Å². The minimum atomic E-state index is 0.929. The van der Waals surface area contributed by atoms with E-state index in [1.165, 1.54) is 96.8 Å². The van der Waals surface area contributed by atoms with Gasteiger partial charge in [-0.25, -0.2) is 0 Å². The van der Waals surface area contributed by atoms with Crippen molar-refractivity contribution in [2.24, 2.45) is 11.8 Å². The molecule has 0 aliphatic heterocycles. The van der Waals surface area contributed by atoms with Crippen molar-refractivity contribution >= 4 is 0 Å². The van der Waals surface area contributed by atoms with Gasteiger partial charge in [0.25, 0.3) is 0 Å². The Morgan fingerprint density at radius 3 is 2.00 bits per heavy atom. The molecule has 1 rings (SSSR count). The smallest absolute Gasteiger partial charge is 0.00173 e. The fraction of sp³-hybridized carbons (Fsp3) is 0.840. The second-order valence-corrected chi connectivity index (χ2v) is 8.35. The Labute approximate surface area is 170 Å². The van der Waals surface area contributed by atoms with Crippen molar-refractivity contribution in [2.45, 2.75) is 98.3 Å². The van der Waals surface area contributed by atoms with Crippen LogP contribution in [0.15, 0.2) is 23.3 Å². The first-order chi connectivity index (χ1) is 13.2. The summed E-state index contributed by atoms with van der Waals surface area (Å²) < 4.78 is 0. The Morgan fingerprint density at radius 2 is 1.41 bits per heavy atom. The lowest BCUT2D eigenvalue weighted by atomic mass is 10.1. The number of allylic oxidation sites excluding steroid dienone is 4. The highest BCUT2D eigenvalue weighted by Crippen LogP contribution is 2.37. The Morgan fingerprint density at radius 1 is 0.778 bits per heavy atom. The molecule has 2 N–H and O–H groups in total. The van der Waals surface area contributed by atoms with Crippen molar-refractivity contribution in [3.63, 3.8) is 0 Å². The zero-order valence-corrected chi connectivity index (χ0v) is 18.9. The Hall–Kier alpha value is -0.600. The number of hydrogen-bond acceptors (Lipinski definition) is 2. The molecule has 2 unspecified atom stereocenters. The first-order valence-corrected chi connectivity index (χ1v) is 12.0. The quantitative estimate of drug-likeness (QED) is 0.207. The van der Waals surface area contributed by atoms with Gasteiger partial charge in [-0.15, -0.1) is 0 Å². The molecule has 2 nitrogen and oxygen atoms in total. The Bertz CT molecular complexity index is 411. The zero-order valence-electron chi connectivity index (χ0n) is 18.9. The lowest BCUT2D eigenvalue weighted by Gasteiger charge is -2.07. The van der Waals surface area contributed by atoms with E-state index < -0.39 is 0 Å². The maximum absolute atomic E-state index is 3.69. The van der Waals surface area contributed by atoms with Gasteiger partial charge in [-0.2, -0.15) is 0 Å². The average molecular weight is 377 g/mol. The molecule has 1 fully saturated rings. The van der Waals surface area contributed by atoms with Crippen LogP contribution in [0.5, 0.6) is 0 Å². The first kappa shape index (κ1) is 24.4. The van der Waals surface area contributed by atoms with Crippen molar-refractivity contribution in [2.75, 3.05) is 26.2 Å². The summed E-state index contributed by atoms with van der Waals surface area (Å²) in [6.45, 7) is 13.9. The molecule has 2 heteroatoms. The fourth-order valence-corrected chi connectivity index (χ4v) is 3.98. The minimum Gasteiger partial charge on any atom is -0.316 e. The van der Waals surface area contributed by atoms with Crippen LogP contribution < -0.4 is 10.6 Å². The van der Waals surface area contributed by atoms with E-state index >= 15 is 0 Å². The van der Waals surface area contributed by atoms with Crippen LogP contribution in [0.3, 0.4) is 0 Å². The maximum Gasteiger partial charge on any atom is -0.00173 e. The van der Waals surface area contributed by atoms with Crippen LogP contribution in [0.4, 0.5) is 0 Å². The van der Waals surface area contributed by atoms with Gasteiger partial charge < -0.3 is 10.6 Å². The predicted octanol–water partition coefficient (Wildman–Crippen LogP) is 6.64. The molecule has 1 aliphatic carbocycles. The van der Waals surface area contributed by atoms with Gasteiger partial charge in [0, 0.05) is 0 Å². The third-order valence-corrected chi connectivity index (χ3v) is 5.95. The maximum atomic E-state index is 3.69. The molecule has 0 amide bonds. The molecule has 0 spiro atoms. The van der Waals surface area contributed by atoms with E-state index in [1.807, 2.05) is 0 Å². The minimum absolute atomic E-state index is 0.929. The summed E-state index contributed by atoms with van der Waals surface area (Å²) in [6, 6.07) is 0. The summed E-state index contributed by atoms with van der Waals surface area (Å²) in [7, 11) is 0. The third kappa shape index (κ3) is 12.5. The molecule has 0 radical (unpaired) electrons. The molecule has 0 aromatic heterocycles. The van der Waals surface area contributed by atoms with Crippen molar-refractivity contribution in [3.8, 4) is 0 Å². The van der Waals surface area contributed by atoms with Crippen molar-refractivity contribution in [1.82, 2.24) is 10.6 Å². The van der Waals surface area contributed by atoms with Crippen LogP contribution in [0.25, 0.3) is 0 Å². The molecule has 0 aromatic rings. The number of hydrogen-bond donors (Lipinski definition) is 2. The molecule has 158 valence electrons. The van der Waals surface area contributed by atoms with Crippen LogP contribution >= 0.6 is 0 Å². The summed E-state index contributed by atoms with van der Waals surface area (Å²) in [5.74, 6) is 1.86. The lowest BCUT2D eigenvalue weighted by molar-refractivity contribution is 0.543. The summed E-state index contributed by atoms with van der Waals surface area (Å²) >= 11 is 0. The normalized spacial score (nSPS) is 20.3. The average Bonchev–Trinajstić information content (AvgIpc) is 3.43. The highest BCUT2D eigenvalue weighted by atomic mass is 14.9. The van der Waals surface area contributed by atoms with E-state index in [9.17, 15) is 0 Å². The molecule has 1 saturated carbocycles. The van der Waals surface area contributed by atoms with E-state index in [-0.39, 0.29) is 0 Å². The van der Waals surface area contributed by atoms with Gasteiger partial charge in [-0.1, -0.05) is 57.4 Å². The standard InChI is InChI=1S/C25H48N2/c1-5-13-22(7-3)15-9-11-17-26-20-24-19-25(24)21-27-18-12-10-16-23(8-4)14-6-2/h13,16,24-27H,5-12,14-15,17-21H2,1-4H3/b22-13+,23-16+. The molecule has 2 atom stereocenters. The lowest BCUT2D eigenvalue weighted by Crippen LogP contribution is -2.22. The summed E-state index contributed by atoms with van der Waals surface area (Å²) in [5.41, 5.74) is 3.30. The number of unbranched alkanes of at least 4 members (excludes halogenated alkanes) is 2. The van der Waals surface area contributed by atoms with Gasteiger partial charge in [0.15, 0.2) is 0 Å². The van der Waals surface area contributed by atoms with E-state index in [1.54, 1.807) is 11.1 Å². The molecule has 27 heavy (non-hydrogen) atoms. The van der Waals surface area contributed by atoms with Gasteiger partial charge in [-0.05, 0) is 102 Å². The first-order valence-electron chi connectivity index (χ1n) is 12.0. The van der Waals surface area contributed by atoms with E-state index in [0.717, 1.165) is 11.8 Å². The summed E-state index contributed by atoms with van der Waals surface area (Å²) in [5, 5.41) is 7.37. The molecule has 0 saturated heterocycles. The SMILES string of the molecule is CC/C=C(\CC)CCCCNCC1CC1CNCCC/C=C(\CC)CCC. The predicted molar refractivity (Wildman–Crippen MR) is 122 cm³/mol. The summed E-state index contributed by atoms with van der Waals surface area (Å²) in [6.07, 6.45) is 19.0. The highest BCUT2D eigenvalue weighted by Gasteiger charge is 2.35. The van der Waals surface area contributed by atoms with Crippen molar-refractivity contribution < 1.29 is 0 Å². The Balaban J connectivity index is 1.90. The molecule has 0 bridgehead atoms. The molecular weight excluding hydrogens is 328 g/mol. The zero-order chi connectivity index (χ0) is 19.7. The van der Waals surface area contributed by atoms with Crippen LogP contribution in [0.1, 0.15) is 98.3 Å². The van der Waals surface area contributed by atoms with E-state index in [0.29, 0.717) is 0 Å². The van der Waals surface area contributed by atoms with Crippen molar-refractivity contribution in [3.05, 3.63) is 23.3 Å². The van der Waals surface area contributed by atoms with E-state index in [4.69, 9.17) is 0 Å². The van der Waals surface area contributed by atoms with Gasteiger partial charge in [0.2, 0.25) is 0 Å². The third-order valence-electron chi connectivity index (χ3n) is 5.95.